The van der Waals surface area contributed by atoms with Gasteiger partial charge in [0, 0.05) is 5.92 Å². The average Bonchev–Trinajstić information content (AvgIpc) is 3.06. The van der Waals surface area contributed by atoms with Gasteiger partial charge in [0.05, 0.1) is 12.6 Å². The molecule has 0 bridgehead atoms. The zero-order chi connectivity index (χ0) is 19.3. The summed E-state index contributed by atoms with van der Waals surface area (Å²) in [6.45, 7) is 0.939. The molecule has 150 valence electrons. The molecular weight excluding hydrogens is 384 g/mol. The number of rotatable bonds is 6. The van der Waals surface area contributed by atoms with Gasteiger partial charge in [-0.3, -0.25) is 0 Å². The fourth-order valence-electron chi connectivity index (χ4n) is 3.93. The summed E-state index contributed by atoms with van der Waals surface area (Å²) in [7, 11) is 0. The molecule has 1 aliphatic carbocycles. The maximum Gasteiger partial charge on any atom is 0.407 e. The second kappa shape index (κ2) is 9.59. The number of quaternary nitrogens is 1. The highest BCUT2D eigenvalue weighted by molar-refractivity contribution is 5.79. The van der Waals surface area contributed by atoms with Gasteiger partial charge < -0.3 is 28.2 Å². The molecule has 1 aliphatic rings. The van der Waals surface area contributed by atoms with Crippen LogP contribution in [0.1, 0.15) is 22.6 Å². The van der Waals surface area contributed by atoms with Crippen LogP contribution in [0.3, 0.4) is 0 Å². The van der Waals surface area contributed by atoms with Gasteiger partial charge in [-0.1, -0.05) is 78.9 Å². The third-order valence-electron chi connectivity index (χ3n) is 5.34. The summed E-state index contributed by atoms with van der Waals surface area (Å²) >= 11 is 0. The van der Waals surface area contributed by atoms with Gasteiger partial charge in [-0.25, -0.2) is 4.79 Å². The van der Waals surface area contributed by atoms with Crippen LogP contribution in [0.2, 0.25) is 0 Å². The van der Waals surface area contributed by atoms with Gasteiger partial charge in [-0.05, 0) is 34.2 Å². The van der Waals surface area contributed by atoms with Crippen LogP contribution in [-0.4, -0.2) is 25.3 Å². The van der Waals surface area contributed by atoms with Crippen molar-refractivity contribution in [1.82, 2.24) is 5.32 Å². The maximum absolute atomic E-state index is 12.4. The van der Waals surface area contributed by atoms with Crippen LogP contribution in [0, 0.1) is 0 Å². The Morgan fingerprint density at radius 3 is 2.03 bits per heavy atom. The summed E-state index contributed by atoms with van der Waals surface area (Å²) in [5, 5.41) is 2.96. The van der Waals surface area contributed by atoms with E-state index in [0.29, 0.717) is 13.2 Å². The third-order valence-corrected chi connectivity index (χ3v) is 5.34. The summed E-state index contributed by atoms with van der Waals surface area (Å²) in [5.41, 5.74) is 10.0. The highest BCUT2D eigenvalue weighted by Crippen LogP contribution is 2.44. The molecule has 0 unspecified atom stereocenters. The Kier molecular flexibility index (Phi) is 6.91. The highest BCUT2D eigenvalue weighted by Gasteiger charge is 2.29. The summed E-state index contributed by atoms with van der Waals surface area (Å²) < 4.78 is 5.63. The van der Waals surface area contributed by atoms with Gasteiger partial charge in [0.2, 0.25) is 0 Å². The highest BCUT2D eigenvalue weighted by atomic mass is 35.5. The van der Waals surface area contributed by atoms with Crippen molar-refractivity contribution in [2.45, 2.75) is 18.4 Å². The van der Waals surface area contributed by atoms with E-state index in [4.69, 9.17) is 4.74 Å². The number of benzene rings is 3. The van der Waals surface area contributed by atoms with E-state index in [1.807, 2.05) is 42.5 Å². The quantitative estimate of drug-likeness (QED) is 0.619. The minimum atomic E-state index is -0.383. The molecule has 0 heterocycles. The predicted octanol–water partition coefficient (Wildman–Crippen LogP) is 0.382. The molecule has 3 aromatic carbocycles. The molecule has 0 saturated heterocycles. The molecule has 1 amide bonds. The monoisotopic (exact) mass is 408 g/mol. The predicted molar refractivity (Wildman–Crippen MR) is 110 cm³/mol. The molecule has 4 N–H and O–H groups in total. The summed E-state index contributed by atoms with van der Waals surface area (Å²) in [6, 6.07) is 26.7. The molecule has 3 aromatic rings. The lowest BCUT2D eigenvalue weighted by Crippen LogP contribution is -3.00. The Labute approximate surface area is 177 Å². The van der Waals surface area contributed by atoms with E-state index in [0.717, 1.165) is 6.42 Å². The summed E-state index contributed by atoms with van der Waals surface area (Å²) in [4.78, 5) is 12.4. The van der Waals surface area contributed by atoms with E-state index >= 15 is 0 Å². The van der Waals surface area contributed by atoms with Gasteiger partial charge in [-0.2, -0.15) is 0 Å². The topological polar surface area (TPSA) is 66.0 Å². The van der Waals surface area contributed by atoms with E-state index in [1.165, 1.54) is 27.8 Å². The normalized spacial score (nSPS) is 13.0. The number of carbonyl (C=O) groups excluding carboxylic acids is 1. The van der Waals surface area contributed by atoms with E-state index in [-0.39, 0.29) is 30.5 Å². The molecule has 0 radical (unpaired) electrons. The Balaban J connectivity index is 0.00000240. The standard InChI is InChI=1S/C24H24N2O2.ClH/c25-15-18(14-17-8-2-1-3-9-17)26-24(27)28-16-23-21-12-6-4-10-19(21)20-11-5-7-13-22(20)23;/h1-13,18,23H,14-16,25H2,(H,26,27);1H/t18-;/m0./s1. The Hall–Kier alpha value is -2.82. The minimum absolute atomic E-state index is 0. The summed E-state index contributed by atoms with van der Waals surface area (Å²) in [5.74, 6) is 0.0745. The smallest absolute Gasteiger partial charge is 0.407 e. The molecule has 4 nitrogen and oxygen atoms in total. The average molecular weight is 409 g/mol. The molecule has 29 heavy (non-hydrogen) atoms. The molecule has 5 heteroatoms. The SMILES string of the molecule is [Cl-].[NH3+]C[C@H](Cc1ccccc1)NC(=O)OCC1c2ccccc2-c2ccccc21. The molecule has 4 rings (SSSR count). The van der Waals surface area contributed by atoms with Crippen LogP contribution >= 0.6 is 0 Å². The Morgan fingerprint density at radius 1 is 0.897 bits per heavy atom. The first-order valence-electron chi connectivity index (χ1n) is 9.71. The van der Waals surface area contributed by atoms with Gasteiger partial charge in [0.15, 0.2) is 0 Å². The number of fused-ring (bicyclic) bond motifs is 3. The van der Waals surface area contributed by atoms with E-state index in [9.17, 15) is 4.79 Å². The zero-order valence-electron chi connectivity index (χ0n) is 16.2. The third kappa shape index (κ3) is 4.61. The Morgan fingerprint density at radius 2 is 1.45 bits per heavy atom. The number of hydrogen-bond acceptors (Lipinski definition) is 2. The van der Waals surface area contributed by atoms with Gasteiger partial charge in [0.25, 0.3) is 0 Å². The number of hydrogen-bond donors (Lipinski definition) is 2. The van der Waals surface area contributed by atoms with Crippen molar-refractivity contribution < 1.29 is 27.7 Å². The van der Waals surface area contributed by atoms with Crippen molar-refractivity contribution >= 4 is 6.09 Å². The lowest BCUT2D eigenvalue weighted by Gasteiger charge is -2.18. The number of halogens is 1. The van der Waals surface area contributed by atoms with Crippen LogP contribution < -0.4 is 23.5 Å². The first-order chi connectivity index (χ1) is 13.8. The number of amides is 1. The van der Waals surface area contributed by atoms with E-state index in [1.54, 1.807) is 0 Å². The summed E-state index contributed by atoms with van der Waals surface area (Å²) in [6.07, 6.45) is 0.362. The first-order valence-corrected chi connectivity index (χ1v) is 9.71. The van der Waals surface area contributed by atoms with Crippen molar-refractivity contribution in [2.75, 3.05) is 13.2 Å². The van der Waals surface area contributed by atoms with Crippen molar-refractivity contribution in [2.24, 2.45) is 0 Å². The molecule has 0 saturated carbocycles. The first kappa shape index (κ1) is 20.9. The van der Waals surface area contributed by atoms with Gasteiger partial charge >= 0.3 is 6.09 Å². The fourth-order valence-corrected chi connectivity index (χ4v) is 3.93. The molecular formula is C24H25ClN2O2. The number of nitrogens with one attached hydrogen (secondary N) is 1. The minimum Gasteiger partial charge on any atom is -1.00 e. The van der Waals surface area contributed by atoms with E-state index < -0.39 is 0 Å². The number of carbonyl (C=O) groups is 1. The van der Waals surface area contributed by atoms with Crippen LogP contribution in [-0.2, 0) is 11.2 Å². The van der Waals surface area contributed by atoms with Gasteiger partial charge in [-0.15, -0.1) is 0 Å². The molecule has 0 aliphatic heterocycles. The molecule has 1 atom stereocenters. The van der Waals surface area contributed by atoms with Crippen LogP contribution in [0.15, 0.2) is 78.9 Å². The molecule has 0 aromatic heterocycles. The van der Waals surface area contributed by atoms with Crippen molar-refractivity contribution in [1.29, 1.82) is 0 Å². The van der Waals surface area contributed by atoms with Crippen molar-refractivity contribution in [3.8, 4) is 11.1 Å². The number of alkyl carbamates (subject to hydrolysis) is 1. The maximum atomic E-state index is 12.4. The van der Waals surface area contributed by atoms with Crippen molar-refractivity contribution in [3.63, 3.8) is 0 Å². The zero-order valence-corrected chi connectivity index (χ0v) is 16.9. The van der Waals surface area contributed by atoms with Crippen LogP contribution in [0.4, 0.5) is 4.79 Å². The van der Waals surface area contributed by atoms with Gasteiger partial charge in [0.1, 0.15) is 6.61 Å². The largest absolute Gasteiger partial charge is 1.00 e. The number of ether oxygens (including phenoxy) is 1. The van der Waals surface area contributed by atoms with Crippen molar-refractivity contribution in [3.05, 3.63) is 95.6 Å². The molecule has 0 fully saturated rings. The fraction of sp³-hybridized carbons (Fsp3) is 0.208. The second-order valence-electron chi connectivity index (χ2n) is 7.15. The Bertz CT molecular complexity index is 916. The van der Waals surface area contributed by atoms with Crippen LogP contribution in [0.25, 0.3) is 11.1 Å². The van der Waals surface area contributed by atoms with Crippen LogP contribution in [0.5, 0.6) is 0 Å². The molecule has 0 spiro atoms. The van der Waals surface area contributed by atoms with E-state index in [2.05, 4.69) is 47.4 Å². The second-order valence-corrected chi connectivity index (χ2v) is 7.15. The lowest BCUT2D eigenvalue weighted by molar-refractivity contribution is -0.372. The lowest BCUT2D eigenvalue weighted by atomic mass is 9.98.